The molecule has 0 aromatic carbocycles. The number of alkyl halides is 3. The number of nitrogens with zero attached hydrogens (tertiary/aromatic N) is 1. The van der Waals surface area contributed by atoms with Gasteiger partial charge in [-0.2, -0.15) is 13.2 Å². The second-order valence-electron chi connectivity index (χ2n) is 5.98. The molecule has 7 heteroatoms. The van der Waals surface area contributed by atoms with E-state index in [1.165, 1.54) is 21.1 Å². The molecule has 0 saturated carbocycles. The zero-order chi connectivity index (χ0) is 17.3. The number of rotatable bonds is 4. The number of amides is 1. The SMILES string of the molecule is CCCc1sc(C(=O)N2CCC(O)(C(F)(F)F)CC2)cc1CC. The molecule has 0 aliphatic carbocycles. The molecule has 1 fully saturated rings. The van der Waals surface area contributed by atoms with Crippen molar-refractivity contribution >= 4 is 17.2 Å². The van der Waals surface area contributed by atoms with Gasteiger partial charge in [-0.15, -0.1) is 11.3 Å². The Morgan fingerprint density at radius 2 is 1.96 bits per heavy atom. The third-order valence-corrected chi connectivity index (χ3v) is 5.60. The summed E-state index contributed by atoms with van der Waals surface area (Å²) < 4.78 is 38.4. The van der Waals surface area contributed by atoms with Gasteiger partial charge in [0.15, 0.2) is 5.60 Å². The quantitative estimate of drug-likeness (QED) is 0.898. The van der Waals surface area contributed by atoms with E-state index < -0.39 is 24.6 Å². The fourth-order valence-corrected chi connectivity index (χ4v) is 4.15. The zero-order valence-corrected chi connectivity index (χ0v) is 14.2. The van der Waals surface area contributed by atoms with Crippen molar-refractivity contribution in [2.45, 2.75) is 57.7 Å². The maximum atomic E-state index is 12.8. The van der Waals surface area contributed by atoms with Crippen LogP contribution in [0.15, 0.2) is 6.07 Å². The Labute approximate surface area is 138 Å². The minimum absolute atomic E-state index is 0.0721. The molecule has 2 heterocycles. The third-order valence-electron chi connectivity index (χ3n) is 4.37. The fraction of sp³-hybridized carbons (Fsp3) is 0.688. The van der Waals surface area contributed by atoms with Gasteiger partial charge in [-0.1, -0.05) is 20.3 Å². The highest BCUT2D eigenvalue weighted by Gasteiger charge is 2.54. The van der Waals surface area contributed by atoms with Crippen molar-refractivity contribution in [2.24, 2.45) is 0 Å². The van der Waals surface area contributed by atoms with Crippen molar-refractivity contribution < 1.29 is 23.1 Å². The predicted molar refractivity (Wildman–Crippen MR) is 83.8 cm³/mol. The van der Waals surface area contributed by atoms with E-state index in [4.69, 9.17) is 0 Å². The molecule has 0 unspecified atom stereocenters. The van der Waals surface area contributed by atoms with Crippen LogP contribution in [0, 0.1) is 0 Å². The molecule has 0 atom stereocenters. The first-order chi connectivity index (χ1) is 10.7. The van der Waals surface area contributed by atoms with Crippen LogP contribution in [0.2, 0.25) is 0 Å². The molecule has 2 rings (SSSR count). The second kappa shape index (κ2) is 6.81. The van der Waals surface area contributed by atoms with E-state index in [9.17, 15) is 23.1 Å². The van der Waals surface area contributed by atoms with Crippen LogP contribution in [0.25, 0.3) is 0 Å². The second-order valence-corrected chi connectivity index (χ2v) is 7.12. The largest absolute Gasteiger partial charge is 0.417 e. The first kappa shape index (κ1) is 18.3. The first-order valence-electron chi connectivity index (χ1n) is 7.91. The van der Waals surface area contributed by atoms with E-state index in [0.717, 1.165) is 24.8 Å². The number of hydrogen-bond acceptors (Lipinski definition) is 3. The Morgan fingerprint density at radius 1 is 1.35 bits per heavy atom. The summed E-state index contributed by atoms with van der Waals surface area (Å²) in [5, 5.41) is 9.67. The lowest BCUT2D eigenvalue weighted by Crippen LogP contribution is -2.54. The molecule has 3 nitrogen and oxygen atoms in total. The minimum atomic E-state index is -4.64. The molecule has 1 saturated heterocycles. The van der Waals surface area contributed by atoms with Crippen molar-refractivity contribution in [2.75, 3.05) is 13.1 Å². The summed E-state index contributed by atoms with van der Waals surface area (Å²) in [4.78, 5) is 15.7. The highest BCUT2D eigenvalue weighted by atomic mass is 32.1. The lowest BCUT2D eigenvalue weighted by molar-refractivity contribution is -0.271. The number of thiophene rings is 1. The number of carbonyl (C=O) groups excluding carboxylic acids is 1. The van der Waals surface area contributed by atoms with Crippen LogP contribution in [-0.4, -0.2) is 40.8 Å². The molecule has 130 valence electrons. The number of piperidine rings is 1. The predicted octanol–water partition coefficient (Wildman–Crippen LogP) is 3.79. The van der Waals surface area contributed by atoms with E-state index >= 15 is 0 Å². The molecule has 0 bridgehead atoms. The van der Waals surface area contributed by atoms with Gasteiger partial charge in [0.05, 0.1) is 4.88 Å². The Bertz CT molecular complexity index is 560. The molecule has 1 aliphatic rings. The number of carbonyl (C=O) groups is 1. The maximum absolute atomic E-state index is 12.8. The van der Waals surface area contributed by atoms with Crippen molar-refractivity contribution in [1.29, 1.82) is 0 Å². The van der Waals surface area contributed by atoms with Gasteiger partial charge in [0.1, 0.15) is 0 Å². The number of halogens is 3. The van der Waals surface area contributed by atoms with E-state index in [0.29, 0.717) is 4.88 Å². The number of aliphatic hydroxyl groups is 1. The summed E-state index contributed by atoms with van der Waals surface area (Å²) in [5.74, 6) is -0.226. The van der Waals surface area contributed by atoms with Gasteiger partial charge in [0, 0.05) is 30.8 Å². The van der Waals surface area contributed by atoms with Gasteiger partial charge < -0.3 is 10.0 Å². The standard InChI is InChI=1S/C16H22F3NO2S/c1-3-5-12-11(4-2)10-13(23-12)14(21)20-8-6-15(22,7-9-20)16(17,18)19/h10,22H,3-9H2,1-2H3. The summed E-state index contributed by atoms with van der Waals surface area (Å²) in [6.45, 7) is 3.96. The summed E-state index contributed by atoms with van der Waals surface area (Å²) in [7, 11) is 0. The molecule has 1 aromatic rings. The van der Waals surface area contributed by atoms with Gasteiger partial charge in [0.2, 0.25) is 0 Å². The van der Waals surface area contributed by atoms with Gasteiger partial charge in [-0.05, 0) is 24.5 Å². The monoisotopic (exact) mass is 349 g/mol. The minimum Gasteiger partial charge on any atom is -0.380 e. The van der Waals surface area contributed by atoms with Gasteiger partial charge in [0.25, 0.3) is 5.91 Å². The third kappa shape index (κ3) is 3.71. The van der Waals surface area contributed by atoms with E-state index in [1.54, 1.807) is 0 Å². The molecule has 1 N–H and O–H groups in total. The van der Waals surface area contributed by atoms with Crippen LogP contribution < -0.4 is 0 Å². The van der Waals surface area contributed by atoms with E-state index in [2.05, 4.69) is 6.92 Å². The Kier molecular flexibility index (Phi) is 5.41. The first-order valence-corrected chi connectivity index (χ1v) is 8.73. The molecule has 1 aliphatic heterocycles. The lowest BCUT2D eigenvalue weighted by atomic mass is 9.90. The zero-order valence-electron chi connectivity index (χ0n) is 13.4. The van der Waals surface area contributed by atoms with Crippen LogP contribution in [0.4, 0.5) is 13.2 Å². The van der Waals surface area contributed by atoms with E-state index in [1.807, 2.05) is 13.0 Å². The Hall–Kier alpha value is -1.08. The number of likely N-dealkylation sites (tertiary alicyclic amines) is 1. The molecule has 0 spiro atoms. The molecular weight excluding hydrogens is 327 g/mol. The van der Waals surface area contributed by atoms with Gasteiger partial charge in [-0.3, -0.25) is 4.79 Å². The summed E-state index contributed by atoms with van der Waals surface area (Å²) in [6.07, 6.45) is -2.83. The molecule has 23 heavy (non-hydrogen) atoms. The highest BCUT2D eigenvalue weighted by Crippen LogP contribution is 2.38. The van der Waals surface area contributed by atoms with Crippen LogP contribution in [0.1, 0.15) is 53.2 Å². The Balaban J connectivity index is 2.08. The lowest BCUT2D eigenvalue weighted by Gasteiger charge is -2.38. The van der Waals surface area contributed by atoms with Gasteiger partial charge >= 0.3 is 6.18 Å². The topological polar surface area (TPSA) is 40.5 Å². The number of aryl methyl sites for hydroxylation is 2. The smallest absolute Gasteiger partial charge is 0.380 e. The van der Waals surface area contributed by atoms with Crippen LogP contribution in [0.5, 0.6) is 0 Å². The molecule has 1 aromatic heterocycles. The summed E-state index contributed by atoms with van der Waals surface area (Å²) in [6, 6.07) is 1.86. The van der Waals surface area contributed by atoms with Gasteiger partial charge in [-0.25, -0.2) is 0 Å². The molecule has 0 radical (unpaired) electrons. The molecular formula is C16H22F3NO2S. The van der Waals surface area contributed by atoms with Crippen LogP contribution in [-0.2, 0) is 12.8 Å². The van der Waals surface area contributed by atoms with Crippen LogP contribution >= 0.6 is 11.3 Å². The Morgan fingerprint density at radius 3 is 2.43 bits per heavy atom. The molecule has 1 amide bonds. The summed E-state index contributed by atoms with van der Waals surface area (Å²) >= 11 is 1.44. The maximum Gasteiger partial charge on any atom is 0.417 e. The number of hydrogen-bond donors (Lipinski definition) is 1. The average molecular weight is 349 g/mol. The average Bonchev–Trinajstić information content (AvgIpc) is 2.90. The van der Waals surface area contributed by atoms with Crippen molar-refractivity contribution in [3.63, 3.8) is 0 Å². The van der Waals surface area contributed by atoms with Crippen molar-refractivity contribution in [1.82, 2.24) is 4.90 Å². The van der Waals surface area contributed by atoms with Crippen molar-refractivity contribution in [3.05, 3.63) is 21.4 Å². The van der Waals surface area contributed by atoms with Crippen LogP contribution in [0.3, 0.4) is 0 Å². The normalized spacial score (nSPS) is 18.3. The fourth-order valence-electron chi connectivity index (χ4n) is 2.83. The van der Waals surface area contributed by atoms with E-state index in [-0.39, 0.29) is 19.0 Å². The van der Waals surface area contributed by atoms with Crippen molar-refractivity contribution in [3.8, 4) is 0 Å². The highest BCUT2D eigenvalue weighted by molar-refractivity contribution is 7.14. The summed E-state index contributed by atoms with van der Waals surface area (Å²) in [5.41, 5.74) is -1.52.